The van der Waals surface area contributed by atoms with E-state index >= 15 is 0 Å². The maximum atomic E-state index is 5.54. The monoisotopic (exact) mass is 169 g/mol. The van der Waals surface area contributed by atoms with Crippen molar-refractivity contribution < 1.29 is 4.74 Å². The molecule has 0 saturated carbocycles. The maximum Gasteiger partial charge on any atom is 0.0622 e. The fourth-order valence-electron chi connectivity index (χ4n) is 2.72. The molecule has 2 rings (SSSR count). The molecular formula is C10H19NO. The van der Waals surface area contributed by atoms with E-state index in [9.17, 15) is 0 Å². The minimum Gasteiger partial charge on any atom is -0.378 e. The first kappa shape index (κ1) is 8.52. The average Bonchev–Trinajstić information content (AvgIpc) is 2.23. The Morgan fingerprint density at radius 3 is 1.92 bits per heavy atom. The molecule has 0 amide bonds. The Labute approximate surface area is 74.9 Å². The second-order valence-corrected chi connectivity index (χ2v) is 5.00. The summed E-state index contributed by atoms with van der Waals surface area (Å²) in [5, 5.41) is 0. The number of nitrogens with zero attached hydrogens (tertiary/aromatic N) is 1. The molecule has 0 aromatic carbocycles. The number of ether oxygens (including phenoxy) is 1. The van der Waals surface area contributed by atoms with Gasteiger partial charge in [0.25, 0.3) is 0 Å². The van der Waals surface area contributed by atoms with E-state index in [0.717, 1.165) is 13.2 Å². The van der Waals surface area contributed by atoms with Crippen LogP contribution in [0.15, 0.2) is 0 Å². The summed E-state index contributed by atoms with van der Waals surface area (Å²) in [5.74, 6) is 0. The summed E-state index contributed by atoms with van der Waals surface area (Å²) in [4.78, 5) is 2.65. The van der Waals surface area contributed by atoms with Crippen molar-refractivity contribution in [2.45, 2.75) is 51.2 Å². The van der Waals surface area contributed by atoms with Gasteiger partial charge < -0.3 is 4.74 Å². The van der Waals surface area contributed by atoms with Crippen LogP contribution in [-0.4, -0.2) is 35.7 Å². The molecule has 70 valence electrons. The SMILES string of the molecule is CC(C)(C)N1C2CC[C@@H]1COC2. The van der Waals surface area contributed by atoms with Gasteiger partial charge in [-0.25, -0.2) is 0 Å². The molecule has 0 aliphatic carbocycles. The Morgan fingerprint density at radius 1 is 1.08 bits per heavy atom. The van der Waals surface area contributed by atoms with Gasteiger partial charge in [0.1, 0.15) is 0 Å². The van der Waals surface area contributed by atoms with Gasteiger partial charge in [0.05, 0.1) is 13.2 Å². The third-order valence-corrected chi connectivity index (χ3v) is 3.01. The Balaban J connectivity index is 2.15. The van der Waals surface area contributed by atoms with Crippen LogP contribution in [0, 0.1) is 0 Å². The second-order valence-electron chi connectivity index (χ2n) is 5.00. The molecule has 2 atom stereocenters. The van der Waals surface area contributed by atoms with Crippen molar-refractivity contribution in [3.05, 3.63) is 0 Å². The molecule has 2 aliphatic rings. The van der Waals surface area contributed by atoms with Gasteiger partial charge >= 0.3 is 0 Å². The first-order valence-corrected chi connectivity index (χ1v) is 4.95. The molecule has 0 radical (unpaired) electrons. The Morgan fingerprint density at radius 2 is 1.58 bits per heavy atom. The summed E-state index contributed by atoms with van der Waals surface area (Å²) in [7, 11) is 0. The fraction of sp³-hybridized carbons (Fsp3) is 1.00. The lowest BCUT2D eigenvalue weighted by atomic mass is 10.0. The van der Waals surface area contributed by atoms with Gasteiger partial charge in [-0.2, -0.15) is 0 Å². The van der Waals surface area contributed by atoms with Crippen molar-refractivity contribution in [3.63, 3.8) is 0 Å². The first-order chi connectivity index (χ1) is 5.59. The molecule has 2 bridgehead atoms. The van der Waals surface area contributed by atoms with Crippen molar-refractivity contribution in [2.24, 2.45) is 0 Å². The molecule has 2 saturated heterocycles. The number of fused-ring (bicyclic) bond motifs is 2. The lowest BCUT2D eigenvalue weighted by Crippen LogP contribution is -2.54. The van der Waals surface area contributed by atoms with Crippen LogP contribution in [0.1, 0.15) is 33.6 Å². The quantitative estimate of drug-likeness (QED) is 0.546. The van der Waals surface area contributed by atoms with Gasteiger partial charge in [-0.05, 0) is 33.6 Å². The lowest BCUT2D eigenvalue weighted by molar-refractivity contribution is -0.0565. The Kier molecular flexibility index (Phi) is 1.92. The number of hydrogen-bond donors (Lipinski definition) is 0. The molecular weight excluding hydrogens is 150 g/mol. The van der Waals surface area contributed by atoms with Crippen LogP contribution in [-0.2, 0) is 4.74 Å². The molecule has 2 aliphatic heterocycles. The standard InChI is InChI=1S/C10H19NO/c1-10(2,3)11-8-4-5-9(11)7-12-6-8/h8-9H,4-7H2,1-3H3/t8-,9?/m1/s1. The van der Waals surface area contributed by atoms with Gasteiger partial charge in [-0.3, -0.25) is 4.90 Å². The number of hydrogen-bond acceptors (Lipinski definition) is 2. The zero-order valence-corrected chi connectivity index (χ0v) is 8.34. The van der Waals surface area contributed by atoms with Crippen LogP contribution in [0.3, 0.4) is 0 Å². The summed E-state index contributed by atoms with van der Waals surface area (Å²) in [6.45, 7) is 8.83. The van der Waals surface area contributed by atoms with E-state index in [-0.39, 0.29) is 0 Å². The van der Waals surface area contributed by atoms with Gasteiger partial charge in [0, 0.05) is 17.6 Å². The third-order valence-electron chi connectivity index (χ3n) is 3.01. The molecule has 0 spiro atoms. The summed E-state index contributed by atoms with van der Waals surface area (Å²) >= 11 is 0. The lowest BCUT2D eigenvalue weighted by Gasteiger charge is -2.44. The van der Waals surface area contributed by atoms with E-state index in [0.29, 0.717) is 17.6 Å². The zero-order chi connectivity index (χ0) is 8.77. The number of rotatable bonds is 0. The summed E-state index contributed by atoms with van der Waals surface area (Å²) in [5.41, 5.74) is 0.329. The third kappa shape index (κ3) is 1.27. The van der Waals surface area contributed by atoms with Crippen LogP contribution in [0.2, 0.25) is 0 Å². The maximum absolute atomic E-state index is 5.54. The summed E-state index contributed by atoms with van der Waals surface area (Å²) in [6.07, 6.45) is 2.67. The van der Waals surface area contributed by atoms with Crippen molar-refractivity contribution >= 4 is 0 Å². The highest BCUT2D eigenvalue weighted by atomic mass is 16.5. The van der Waals surface area contributed by atoms with Crippen molar-refractivity contribution in [3.8, 4) is 0 Å². The van der Waals surface area contributed by atoms with Crippen LogP contribution in [0.25, 0.3) is 0 Å². The van der Waals surface area contributed by atoms with E-state index in [1.165, 1.54) is 12.8 Å². The normalized spacial score (nSPS) is 37.2. The van der Waals surface area contributed by atoms with E-state index in [2.05, 4.69) is 25.7 Å². The highest BCUT2D eigenvalue weighted by molar-refractivity contribution is 4.96. The molecule has 0 aromatic rings. The highest BCUT2D eigenvalue weighted by Crippen LogP contribution is 2.34. The molecule has 2 fully saturated rings. The molecule has 2 heterocycles. The molecule has 2 heteroatoms. The molecule has 2 nitrogen and oxygen atoms in total. The predicted molar refractivity (Wildman–Crippen MR) is 49.2 cm³/mol. The van der Waals surface area contributed by atoms with Gasteiger partial charge in [-0.15, -0.1) is 0 Å². The molecule has 12 heavy (non-hydrogen) atoms. The number of morpholine rings is 1. The largest absolute Gasteiger partial charge is 0.378 e. The van der Waals surface area contributed by atoms with E-state index in [1.807, 2.05) is 0 Å². The molecule has 0 aromatic heterocycles. The van der Waals surface area contributed by atoms with Crippen LogP contribution in [0.5, 0.6) is 0 Å². The summed E-state index contributed by atoms with van der Waals surface area (Å²) < 4.78 is 5.54. The molecule has 0 N–H and O–H groups in total. The minimum absolute atomic E-state index is 0.329. The second kappa shape index (κ2) is 2.71. The smallest absolute Gasteiger partial charge is 0.0622 e. The van der Waals surface area contributed by atoms with Gasteiger partial charge in [0.2, 0.25) is 0 Å². The van der Waals surface area contributed by atoms with Gasteiger partial charge in [0.15, 0.2) is 0 Å². The van der Waals surface area contributed by atoms with Crippen LogP contribution in [0.4, 0.5) is 0 Å². The van der Waals surface area contributed by atoms with E-state index in [1.54, 1.807) is 0 Å². The Hall–Kier alpha value is -0.0800. The predicted octanol–water partition coefficient (Wildman–Crippen LogP) is 1.65. The minimum atomic E-state index is 0.329. The van der Waals surface area contributed by atoms with Crippen molar-refractivity contribution in [1.29, 1.82) is 0 Å². The summed E-state index contributed by atoms with van der Waals surface area (Å²) in [6, 6.07) is 1.40. The van der Waals surface area contributed by atoms with Crippen LogP contribution >= 0.6 is 0 Å². The van der Waals surface area contributed by atoms with Gasteiger partial charge in [-0.1, -0.05) is 0 Å². The molecule has 1 unspecified atom stereocenters. The Bertz CT molecular complexity index is 157. The zero-order valence-electron chi connectivity index (χ0n) is 8.34. The van der Waals surface area contributed by atoms with E-state index in [4.69, 9.17) is 4.74 Å². The fourth-order valence-corrected chi connectivity index (χ4v) is 2.72. The average molecular weight is 169 g/mol. The van der Waals surface area contributed by atoms with Crippen molar-refractivity contribution in [2.75, 3.05) is 13.2 Å². The topological polar surface area (TPSA) is 12.5 Å². The van der Waals surface area contributed by atoms with Crippen molar-refractivity contribution in [1.82, 2.24) is 4.90 Å². The van der Waals surface area contributed by atoms with Crippen LogP contribution < -0.4 is 0 Å². The van der Waals surface area contributed by atoms with E-state index < -0.39 is 0 Å². The first-order valence-electron chi connectivity index (χ1n) is 4.95. The highest BCUT2D eigenvalue weighted by Gasteiger charge is 2.42.